The van der Waals surface area contributed by atoms with E-state index >= 15 is 0 Å². The fraction of sp³-hybridized carbons (Fsp3) is 0.967. The van der Waals surface area contributed by atoms with Crippen LogP contribution >= 0.6 is 0 Å². The molecule has 6 heteroatoms. The van der Waals surface area contributed by atoms with Gasteiger partial charge in [0.05, 0.1) is 25.4 Å². The average Bonchev–Trinajstić information content (AvgIpc) is 3.23. The van der Waals surface area contributed by atoms with Gasteiger partial charge in [0, 0.05) is 13.0 Å². The van der Waals surface area contributed by atoms with Crippen molar-refractivity contribution in [2.24, 2.45) is 46.3 Å². The van der Waals surface area contributed by atoms with Gasteiger partial charge in [-0.25, -0.2) is 0 Å². The van der Waals surface area contributed by atoms with Crippen LogP contribution in [0.1, 0.15) is 97.8 Å². The lowest BCUT2D eigenvalue weighted by atomic mass is 9.43. The number of aliphatic hydroxyl groups is 2. The summed E-state index contributed by atoms with van der Waals surface area (Å²) in [6, 6.07) is 0. The highest BCUT2D eigenvalue weighted by Crippen LogP contribution is 2.68. The fourth-order valence-electron chi connectivity index (χ4n) is 9.92. The molecule has 2 N–H and O–H groups in total. The van der Waals surface area contributed by atoms with Crippen molar-refractivity contribution >= 4 is 5.97 Å². The van der Waals surface area contributed by atoms with E-state index in [-0.39, 0.29) is 47.3 Å². The lowest BCUT2D eigenvalue weighted by molar-refractivity contribution is -0.231. The normalized spacial score (nSPS) is 49.4. The van der Waals surface area contributed by atoms with E-state index in [1.54, 1.807) is 0 Å². The molecule has 1 aliphatic heterocycles. The van der Waals surface area contributed by atoms with E-state index < -0.39 is 0 Å². The van der Waals surface area contributed by atoms with Crippen LogP contribution in [0.25, 0.3) is 0 Å². The number of carbonyl (C=O) groups excluding carboxylic acids is 1. The van der Waals surface area contributed by atoms with Crippen LogP contribution < -0.4 is 0 Å². The maximum atomic E-state index is 11.8. The summed E-state index contributed by atoms with van der Waals surface area (Å²) in [5.74, 6) is 1.97. The highest BCUT2D eigenvalue weighted by molar-refractivity contribution is 5.69. The van der Waals surface area contributed by atoms with Crippen LogP contribution in [0.15, 0.2) is 0 Å². The second-order valence-electron chi connectivity index (χ2n) is 13.5. The van der Waals surface area contributed by atoms with Crippen molar-refractivity contribution in [3.05, 3.63) is 0 Å². The van der Waals surface area contributed by atoms with Gasteiger partial charge in [-0.3, -0.25) is 4.79 Å². The molecule has 206 valence electrons. The standard InChI is InChI=1S/C30H50O6/c1-18(8-11-26(33)34-4)21-9-10-22-28-23(17-25(32)30(21,22)3)29(2)13-12-20(15-19(29)16-24(28)31)36-27-7-5-6-14-35-27/h18-25,27-28,31-32H,5-17H2,1-4H3/t18-,19+,20-,21-,22+,23+,24-,25+,27?,28+,29+,30-/m1/s1. The van der Waals surface area contributed by atoms with Crippen molar-refractivity contribution in [1.82, 2.24) is 0 Å². The lowest BCUT2D eigenvalue weighted by Gasteiger charge is -2.63. The number of esters is 1. The smallest absolute Gasteiger partial charge is 0.305 e. The summed E-state index contributed by atoms with van der Waals surface area (Å²) in [5.41, 5.74) is -0.0480. The first kappa shape index (κ1) is 26.9. The van der Waals surface area contributed by atoms with Crippen LogP contribution in [0.2, 0.25) is 0 Å². The van der Waals surface area contributed by atoms with Crippen LogP contribution in [0.3, 0.4) is 0 Å². The molecule has 12 atom stereocenters. The summed E-state index contributed by atoms with van der Waals surface area (Å²) in [6.07, 6.45) is 11.0. The Bertz CT molecular complexity index is 781. The van der Waals surface area contributed by atoms with Crippen LogP contribution in [0.4, 0.5) is 0 Å². The van der Waals surface area contributed by atoms with Crippen molar-refractivity contribution < 1.29 is 29.2 Å². The first-order chi connectivity index (χ1) is 17.2. The van der Waals surface area contributed by atoms with Gasteiger partial charge in [-0.05, 0) is 117 Å². The lowest BCUT2D eigenvalue weighted by Crippen LogP contribution is -2.62. The first-order valence-electron chi connectivity index (χ1n) is 14.9. The molecule has 0 bridgehead atoms. The highest BCUT2D eigenvalue weighted by atomic mass is 16.7. The third-order valence-corrected chi connectivity index (χ3v) is 12.0. The van der Waals surface area contributed by atoms with Gasteiger partial charge in [-0.2, -0.15) is 0 Å². The number of hydrogen-bond acceptors (Lipinski definition) is 6. The summed E-state index contributed by atoms with van der Waals surface area (Å²) in [4.78, 5) is 11.8. The summed E-state index contributed by atoms with van der Waals surface area (Å²) >= 11 is 0. The predicted octanol–water partition coefficient (Wildman–Crippen LogP) is 5.09. The van der Waals surface area contributed by atoms with Crippen molar-refractivity contribution in [1.29, 1.82) is 0 Å². The van der Waals surface area contributed by atoms with Gasteiger partial charge in [0.1, 0.15) is 0 Å². The summed E-state index contributed by atoms with van der Waals surface area (Å²) in [6.45, 7) is 7.80. The van der Waals surface area contributed by atoms with E-state index in [0.717, 1.165) is 70.8 Å². The second kappa shape index (κ2) is 10.5. The van der Waals surface area contributed by atoms with E-state index in [1.165, 1.54) is 13.5 Å². The van der Waals surface area contributed by atoms with Crippen molar-refractivity contribution in [3.8, 4) is 0 Å². The van der Waals surface area contributed by atoms with E-state index in [4.69, 9.17) is 14.2 Å². The molecule has 5 rings (SSSR count). The summed E-state index contributed by atoms with van der Waals surface area (Å²) in [7, 11) is 1.45. The molecular weight excluding hydrogens is 456 g/mol. The Morgan fingerprint density at radius 3 is 2.58 bits per heavy atom. The minimum Gasteiger partial charge on any atom is -0.469 e. The minimum atomic E-state index is -0.357. The van der Waals surface area contributed by atoms with Crippen molar-refractivity contribution in [2.75, 3.05) is 13.7 Å². The molecule has 5 fully saturated rings. The molecule has 0 spiro atoms. The molecule has 6 nitrogen and oxygen atoms in total. The molecule has 0 radical (unpaired) electrons. The van der Waals surface area contributed by atoms with Crippen molar-refractivity contribution in [3.63, 3.8) is 0 Å². The Hall–Kier alpha value is -0.690. The zero-order chi connectivity index (χ0) is 25.7. The Morgan fingerprint density at radius 1 is 1.06 bits per heavy atom. The highest BCUT2D eigenvalue weighted by Gasteiger charge is 2.65. The molecule has 1 heterocycles. The second-order valence-corrected chi connectivity index (χ2v) is 13.5. The zero-order valence-corrected chi connectivity index (χ0v) is 23.0. The van der Waals surface area contributed by atoms with Crippen LogP contribution in [-0.4, -0.2) is 54.5 Å². The molecule has 4 aliphatic carbocycles. The molecule has 0 amide bonds. The number of methoxy groups -OCH3 is 1. The molecule has 4 saturated carbocycles. The first-order valence-corrected chi connectivity index (χ1v) is 14.9. The largest absolute Gasteiger partial charge is 0.469 e. The van der Waals surface area contributed by atoms with E-state index in [1.807, 2.05) is 0 Å². The topological polar surface area (TPSA) is 85.2 Å². The maximum Gasteiger partial charge on any atom is 0.305 e. The molecule has 0 aromatic carbocycles. The number of rotatable bonds is 6. The predicted molar refractivity (Wildman–Crippen MR) is 137 cm³/mol. The molecule has 1 saturated heterocycles. The Balaban J connectivity index is 1.30. The minimum absolute atomic E-state index is 0.0526. The molecule has 36 heavy (non-hydrogen) atoms. The van der Waals surface area contributed by atoms with E-state index in [9.17, 15) is 15.0 Å². The van der Waals surface area contributed by atoms with Gasteiger partial charge >= 0.3 is 5.97 Å². The van der Waals surface area contributed by atoms with Gasteiger partial charge in [0.2, 0.25) is 0 Å². The van der Waals surface area contributed by atoms with Gasteiger partial charge in [0.25, 0.3) is 0 Å². The molecule has 0 aromatic heterocycles. The van der Waals surface area contributed by atoms with Gasteiger partial charge in [-0.15, -0.1) is 0 Å². The number of carbonyl (C=O) groups is 1. The molecule has 0 aromatic rings. The van der Waals surface area contributed by atoms with E-state index in [0.29, 0.717) is 36.0 Å². The monoisotopic (exact) mass is 506 g/mol. The third-order valence-electron chi connectivity index (χ3n) is 12.0. The van der Waals surface area contributed by atoms with Crippen LogP contribution in [0.5, 0.6) is 0 Å². The maximum absolute atomic E-state index is 11.8. The molecule has 1 unspecified atom stereocenters. The van der Waals surface area contributed by atoms with Crippen molar-refractivity contribution in [2.45, 2.75) is 122 Å². The SMILES string of the molecule is COC(=O)CC[C@@H](C)[C@H]1CC[C@H]2[C@@H]3[C@H](O)C[C@@H]4C[C@H](OC5CCCCO5)CC[C@]4(C)[C@H]3C[C@H](O)[C@]12C. The quantitative estimate of drug-likeness (QED) is 0.386. The Morgan fingerprint density at radius 2 is 1.86 bits per heavy atom. The molecular formula is C30H50O6. The summed E-state index contributed by atoms with van der Waals surface area (Å²) < 4.78 is 17.1. The Labute approximate surface area is 217 Å². The number of aliphatic hydroxyl groups excluding tert-OH is 2. The summed E-state index contributed by atoms with van der Waals surface area (Å²) in [5, 5.41) is 23.4. The van der Waals surface area contributed by atoms with Crippen LogP contribution in [-0.2, 0) is 19.0 Å². The van der Waals surface area contributed by atoms with Gasteiger partial charge < -0.3 is 24.4 Å². The molecule has 5 aliphatic rings. The van der Waals surface area contributed by atoms with Crippen LogP contribution in [0, 0.1) is 46.3 Å². The fourth-order valence-corrected chi connectivity index (χ4v) is 9.92. The number of fused-ring (bicyclic) bond motifs is 5. The van der Waals surface area contributed by atoms with E-state index in [2.05, 4.69) is 20.8 Å². The zero-order valence-electron chi connectivity index (χ0n) is 23.0. The van der Waals surface area contributed by atoms with Gasteiger partial charge in [-0.1, -0.05) is 20.8 Å². The number of hydrogen-bond donors (Lipinski definition) is 2. The third kappa shape index (κ3) is 4.56. The average molecular weight is 507 g/mol. The van der Waals surface area contributed by atoms with Gasteiger partial charge in [0.15, 0.2) is 6.29 Å². The number of ether oxygens (including phenoxy) is 3. The Kier molecular flexibility index (Phi) is 7.82.